The highest BCUT2D eigenvalue weighted by atomic mass is 16.5. The fourth-order valence-corrected chi connectivity index (χ4v) is 5.37. The van der Waals surface area contributed by atoms with Crippen molar-refractivity contribution in [2.24, 2.45) is 0 Å². The maximum absolute atomic E-state index is 13.8. The Morgan fingerprint density at radius 3 is 2.43 bits per heavy atom. The number of ether oxygens (including phenoxy) is 1. The number of benzene rings is 2. The number of methoxy groups -OCH3 is 1. The van der Waals surface area contributed by atoms with Gasteiger partial charge >= 0.3 is 0 Å². The molecule has 2 heterocycles. The second kappa shape index (κ2) is 10.4. The third-order valence-electron chi connectivity index (χ3n) is 7.30. The summed E-state index contributed by atoms with van der Waals surface area (Å²) in [6.45, 7) is 4.03. The highest BCUT2D eigenvalue weighted by Crippen LogP contribution is 2.45. The molecule has 0 saturated carbocycles. The minimum absolute atomic E-state index is 0.0614. The molecule has 2 N–H and O–H groups in total. The number of carbonyl (C=O) groups excluding carboxylic acids is 2. The zero-order valence-corrected chi connectivity index (χ0v) is 21.4. The van der Waals surface area contributed by atoms with E-state index in [0.29, 0.717) is 29.7 Å². The highest BCUT2D eigenvalue weighted by Gasteiger charge is 2.40. The fourth-order valence-electron chi connectivity index (χ4n) is 5.37. The summed E-state index contributed by atoms with van der Waals surface area (Å²) in [5.74, 6) is 0.243. The van der Waals surface area contributed by atoms with E-state index in [2.05, 4.69) is 34.7 Å². The molecule has 188 valence electrons. The molecule has 2 aliphatic rings. The number of nitrogens with one attached hydrogen (secondary N) is 2. The van der Waals surface area contributed by atoms with Crippen LogP contribution in [0, 0.1) is 0 Å². The van der Waals surface area contributed by atoms with Crippen LogP contribution < -0.4 is 15.4 Å². The number of hydrogen-bond donors (Lipinski definition) is 2. The first-order valence-electron chi connectivity index (χ1n) is 12.7. The average Bonchev–Trinajstić information content (AvgIpc) is 2.92. The number of nitrogens with zero attached hydrogens (tertiary/aromatic N) is 1. The molecule has 0 fully saturated rings. The summed E-state index contributed by atoms with van der Waals surface area (Å²) in [6.07, 6.45) is 5.30. The van der Waals surface area contributed by atoms with Crippen molar-refractivity contribution in [2.75, 3.05) is 12.4 Å². The molecule has 3 aromatic rings. The van der Waals surface area contributed by atoms with Gasteiger partial charge < -0.3 is 15.4 Å². The standard InChI is InChI=1S/C31H31N3O3/c1-4-20-7-9-22(10-8-20)29-28(31(36)34-24-6-5-15-32-18-24)19(2)33-26-16-23(17-27(35)30(26)29)21-11-13-25(37-3)14-12-21/h5-15,18,23,29,33H,4,16-17H2,1-3H3,(H,34,36). The van der Waals surface area contributed by atoms with Crippen LogP contribution in [0.25, 0.3) is 0 Å². The topological polar surface area (TPSA) is 80.3 Å². The number of aromatic nitrogens is 1. The van der Waals surface area contributed by atoms with Crippen molar-refractivity contribution >= 4 is 17.4 Å². The first-order chi connectivity index (χ1) is 18.0. The van der Waals surface area contributed by atoms with E-state index >= 15 is 0 Å². The Balaban J connectivity index is 1.54. The lowest BCUT2D eigenvalue weighted by atomic mass is 9.71. The second-order valence-electron chi connectivity index (χ2n) is 9.58. The lowest BCUT2D eigenvalue weighted by Crippen LogP contribution is -2.37. The number of rotatable bonds is 6. The molecule has 0 bridgehead atoms. The third-order valence-corrected chi connectivity index (χ3v) is 7.30. The number of carbonyl (C=O) groups is 2. The summed E-state index contributed by atoms with van der Waals surface area (Å²) in [5.41, 5.74) is 6.78. The van der Waals surface area contributed by atoms with Gasteiger partial charge in [-0.05, 0) is 66.6 Å². The predicted molar refractivity (Wildman–Crippen MR) is 144 cm³/mol. The van der Waals surface area contributed by atoms with Gasteiger partial charge in [0, 0.05) is 41.1 Å². The van der Waals surface area contributed by atoms with Crippen LogP contribution in [-0.4, -0.2) is 23.8 Å². The van der Waals surface area contributed by atoms with Crippen LogP contribution in [0.2, 0.25) is 0 Å². The molecule has 37 heavy (non-hydrogen) atoms. The van der Waals surface area contributed by atoms with Crippen molar-refractivity contribution < 1.29 is 14.3 Å². The molecule has 1 amide bonds. The Kier molecular flexibility index (Phi) is 6.91. The molecule has 0 radical (unpaired) electrons. The van der Waals surface area contributed by atoms with Crippen LogP contribution in [-0.2, 0) is 16.0 Å². The fraction of sp³-hybridized carbons (Fsp3) is 0.258. The van der Waals surface area contributed by atoms with Crippen LogP contribution in [0.15, 0.2) is 95.6 Å². The van der Waals surface area contributed by atoms with Crippen molar-refractivity contribution in [1.82, 2.24) is 10.3 Å². The SMILES string of the molecule is CCc1ccc(C2C(C(=O)Nc3cccnc3)=C(C)NC3=C2C(=O)CC(c2ccc(OC)cc2)C3)cc1. The molecule has 5 rings (SSSR count). The number of Topliss-reactive ketones (excluding diaryl/α,β-unsaturated/α-hetero) is 1. The van der Waals surface area contributed by atoms with Gasteiger partial charge in [0.1, 0.15) is 5.75 Å². The van der Waals surface area contributed by atoms with E-state index < -0.39 is 5.92 Å². The van der Waals surface area contributed by atoms with E-state index in [1.165, 1.54) is 5.56 Å². The van der Waals surface area contributed by atoms with Gasteiger partial charge in [-0.2, -0.15) is 0 Å². The first kappa shape index (κ1) is 24.5. The summed E-state index contributed by atoms with van der Waals surface area (Å²) in [7, 11) is 1.65. The molecule has 2 unspecified atom stereocenters. The molecule has 2 atom stereocenters. The molecule has 1 aliphatic heterocycles. The number of amides is 1. The molecular weight excluding hydrogens is 462 g/mol. The van der Waals surface area contributed by atoms with Gasteiger partial charge in [0.2, 0.25) is 0 Å². The van der Waals surface area contributed by atoms with Crippen LogP contribution in [0.5, 0.6) is 5.75 Å². The van der Waals surface area contributed by atoms with Gasteiger partial charge in [-0.1, -0.05) is 43.3 Å². The summed E-state index contributed by atoms with van der Waals surface area (Å²) in [6, 6.07) is 19.8. The Bertz CT molecular complexity index is 1370. The molecule has 2 aromatic carbocycles. The number of anilines is 1. The predicted octanol–water partition coefficient (Wildman–Crippen LogP) is 5.65. The Morgan fingerprint density at radius 2 is 1.78 bits per heavy atom. The number of pyridine rings is 1. The van der Waals surface area contributed by atoms with E-state index in [0.717, 1.165) is 34.7 Å². The van der Waals surface area contributed by atoms with Crippen LogP contribution in [0.3, 0.4) is 0 Å². The molecule has 1 aromatic heterocycles. The van der Waals surface area contributed by atoms with Crippen LogP contribution >= 0.6 is 0 Å². The zero-order chi connectivity index (χ0) is 25.9. The van der Waals surface area contributed by atoms with Crippen molar-refractivity contribution in [3.63, 3.8) is 0 Å². The normalized spacial score (nSPS) is 19.3. The number of ketones is 1. The Hall–Kier alpha value is -4.19. The van der Waals surface area contributed by atoms with Crippen molar-refractivity contribution in [3.05, 3.63) is 112 Å². The smallest absolute Gasteiger partial charge is 0.254 e. The van der Waals surface area contributed by atoms with E-state index in [9.17, 15) is 9.59 Å². The van der Waals surface area contributed by atoms with E-state index in [1.807, 2.05) is 43.3 Å². The zero-order valence-electron chi connectivity index (χ0n) is 21.4. The molecule has 1 aliphatic carbocycles. The highest BCUT2D eigenvalue weighted by molar-refractivity contribution is 6.09. The third kappa shape index (κ3) is 4.92. The van der Waals surface area contributed by atoms with Gasteiger partial charge in [0.25, 0.3) is 5.91 Å². The molecule has 0 saturated heterocycles. The largest absolute Gasteiger partial charge is 0.497 e. The maximum Gasteiger partial charge on any atom is 0.254 e. The van der Waals surface area contributed by atoms with Crippen LogP contribution in [0.1, 0.15) is 55.2 Å². The summed E-state index contributed by atoms with van der Waals surface area (Å²) >= 11 is 0. The second-order valence-corrected chi connectivity index (χ2v) is 9.58. The number of allylic oxidation sites excluding steroid dienone is 3. The van der Waals surface area contributed by atoms with Gasteiger partial charge in [-0.25, -0.2) is 0 Å². The first-order valence-corrected chi connectivity index (χ1v) is 12.7. The Labute approximate surface area is 217 Å². The van der Waals surface area contributed by atoms with E-state index in [-0.39, 0.29) is 17.6 Å². The quantitative estimate of drug-likeness (QED) is 0.464. The molecule has 6 heteroatoms. The molecule has 6 nitrogen and oxygen atoms in total. The van der Waals surface area contributed by atoms with Gasteiger partial charge in [0.15, 0.2) is 5.78 Å². The average molecular weight is 494 g/mol. The van der Waals surface area contributed by atoms with Crippen molar-refractivity contribution in [2.45, 2.75) is 44.9 Å². The minimum Gasteiger partial charge on any atom is -0.497 e. The lowest BCUT2D eigenvalue weighted by molar-refractivity contribution is -0.116. The summed E-state index contributed by atoms with van der Waals surface area (Å²) < 4.78 is 5.30. The monoisotopic (exact) mass is 493 g/mol. The van der Waals surface area contributed by atoms with Crippen molar-refractivity contribution in [3.8, 4) is 5.75 Å². The van der Waals surface area contributed by atoms with Gasteiger partial charge in [-0.3, -0.25) is 14.6 Å². The van der Waals surface area contributed by atoms with Gasteiger partial charge in [-0.15, -0.1) is 0 Å². The summed E-state index contributed by atoms with van der Waals surface area (Å²) in [4.78, 5) is 31.5. The Morgan fingerprint density at radius 1 is 1.05 bits per heavy atom. The number of hydrogen-bond acceptors (Lipinski definition) is 5. The van der Waals surface area contributed by atoms with Crippen LogP contribution in [0.4, 0.5) is 5.69 Å². The number of aryl methyl sites for hydroxylation is 1. The minimum atomic E-state index is -0.442. The maximum atomic E-state index is 13.8. The van der Waals surface area contributed by atoms with Gasteiger partial charge in [0.05, 0.1) is 19.0 Å². The molecular formula is C31H31N3O3. The summed E-state index contributed by atoms with van der Waals surface area (Å²) in [5, 5.41) is 6.42. The van der Waals surface area contributed by atoms with E-state index in [4.69, 9.17) is 4.74 Å². The molecule has 0 spiro atoms. The lowest BCUT2D eigenvalue weighted by Gasteiger charge is -2.37. The van der Waals surface area contributed by atoms with Crippen molar-refractivity contribution in [1.29, 1.82) is 0 Å². The van der Waals surface area contributed by atoms with E-state index in [1.54, 1.807) is 31.6 Å². The number of dihydropyridines is 1.